The standard InChI is InChI=1S/C15H24N2O2/c1-12(10-16)11-17-15(18)5-3-4-13-6-8-14(19-2)9-7-13/h6-9,12H,3-5,10-11,16H2,1-2H3,(H,17,18). The normalized spacial score (nSPS) is 11.9. The van der Waals surface area contributed by atoms with Crippen molar-refractivity contribution < 1.29 is 9.53 Å². The molecule has 1 atom stereocenters. The minimum atomic E-state index is 0.105. The number of hydrogen-bond donors (Lipinski definition) is 2. The van der Waals surface area contributed by atoms with Crippen LogP contribution in [0, 0.1) is 5.92 Å². The summed E-state index contributed by atoms with van der Waals surface area (Å²) in [5.74, 6) is 1.30. The zero-order valence-electron chi connectivity index (χ0n) is 11.8. The van der Waals surface area contributed by atoms with E-state index in [0.717, 1.165) is 18.6 Å². The molecule has 1 unspecified atom stereocenters. The Hall–Kier alpha value is -1.55. The van der Waals surface area contributed by atoms with E-state index in [1.165, 1.54) is 5.56 Å². The zero-order valence-corrected chi connectivity index (χ0v) is 11.8. The van der Waals surface area contributed by atoms with Crippen LogP contribution in [0.3, 0.4) is 0 Å². The largest absolute Gasteiger partial charge is 0.497 e. The first-order valence-corrected chi connectivity index (χ1v) is 6.75. The van der Waals surface area contributed by atoms with Crippen LogP contribution in [0.2, 0.25) is 0 Å². The number of carbonyl (C=O) groups excluding carboxylic acids is 1. The number of rotatable bonds is 8. The summed E-state index contributed by atoms with van der Waals surface area (Å²) >= 11 is 0. The Bertz CT molecular complexity index is 376. The molecule has 4 nitrogen and oxygen atoms in total. The van der Waals surface area contributed by atoms with Crippen LogP contribution in [0.5, 0.6) is 5.75 Å². The second-order valence-electron chi connectivity index (χ2n) is 4.85. The van der Waals surface area contributed by atoms with E-state index in [4.69, 9.17) is 10.5 Å². The lowest BCUT2D eigenvalue weighted by atomic mass is 10.1. The van der Waals surface area contributed by atoms with Crippen molar-refractivity contribution >= 4 is 5.91 Å². The summed E-state index contributed by atoms with van der Waals surface area (Å²) in [6, 6.07) is 7.96. The van der Waals surface area contributed by atoms with Crippen molar-refractivity contribution in [1.82, 2.24) is 5.32 Å². The van der Waals surface area contributed by atoms with Gasteiger partial charge in [0.15, 0.2) is 0 Å². The summed E-state index contributed by atoms with van der Waals surface area (Å²) < 4.78 is 5.10. The van der Waals surface area contributed by atoms with Crippen molar-refractivity contribution in [2.45, 2.75) is 26.2 Å². The molecule has 1 aromatic carbocycles. The van der Waals surface area contributed by atoms with Crippen molar-refractivity contribution in [3.8, 4) is 5.75 Å². The van der Waals surface area contributed by atoms with E-state index in [2.05, 4.69) is 5.32 Å². The molecule has 1 aromatic rings. The molecular weight excluding hydrogens is 240 g/mol. The smallest absolute Gasteiger partial charge is 0.220 e. The highest BCUT2D eigenvalue weighted by molar-refractivity contribution is 5.75. The Balaban J connectivity index is 2.20. The molecule has 0 aromatic heterocycles. The Labute approximate surface area is 115 Å². The summed E-state index contributed by atoms with van der Waals surface area (Å²) in [5.41, 5.74) is 6.72. The third-order valence-electron chi connectivity index (χ3n) is 3.08. The molecule has 0 bridgehead atoms. The molecule has 1 rings (SSSR count). The SMILES string of the molecule is COc1ccc(CCCC(=O)NCC(C)CN)cc1. The maximum Gasteiger partial charge on any atom is 0.220 e. The fraction of sp³-hybridized carbons (Fsp3) is 0.533. The number of hydrogen-bond acceptors (Lipinski definition) is 3. The number of nitrogens with one attached hydrogen (secondary N) is 1. The lowest BCUT2D eigenvalue weighted by molar-refractivity contribution is -0.121. The van der Waals surface area contributed by atoms with Crippen molar-refractivity contribution in [1.29, 1.82) is 0 Å². The van der Waals surface area contributed by atoms with Crippen LogP contribution in [-0.2, 0) is 11.2 Å². The van der Waals surface area contributed by atoms with Gasteiger partial charge in [-0.15, -0.1) is 0 Å². The molecule has 0 aliphatic heterocycles. The number of aryl methyl sites for hydroxylation is 1. The van der Waals surface area contributed by atoms with Crippen LogP contribution >= 0.6 is 0 Å². The third-order valence-corrected chi connectivity index (χ3v) is 3.08. The molecule has 0 saturated carbocycles. The van der Waals surface area contributed by atoms with Crippen molar-refractivity contribution in [2.75, 3.05) is 20.2 Å². The fourth-order valence-electron chi connectivity index (χ4n) is 1.71. The molecule has 106 valence electrons. The Morgan fingerprint density at radius 3 is 2.63 bits per heavy atom. The Morgan fingerprint density at radius 2 is 2.05 bits per heavy atom. The average molecular weight is 264 g/mol. The van der Waals surface area contributed by atoms with Crippen LogP contribution in [0.15, 0.2) is 24.3 Å². The van der Waals surface area contributed by atoms with Crippen molar-refractivity contribution in [3.63, 3.8) is 0 Å². The van der Waals surface area contributed by atoms with E-state index in [9.17, 15) is 4.79 Å². The number of methoxy groups -OCH3 is 1. The molecule has 0 heterocycles. The second kappa shape index (κ2) is 8.53. The van der Waals surface area contributed by atoms with Crippen LogP contribution in [0.1, 0.15) is 25.3 Å². The van der Waals surface area contributed by atoms with Crippen LogP contribution in [-0.4, -0.2) is 26.1 Å². The number of ether oxygens (including phenoxy) is 1. The van der Waals surface area contributed by atoms with Crippen LogP contribution in [0.25, 0.3) is 0 Å². The molecular formula is C15H24N2O2. The van der Waals surface area contributed by atoms with Gasteiger partial charge in [0.1, 0.15) is 5.75 Å². The highest BCUT2D eigenvalue weighted by Crippen LogP contribution is 2.13. The van der Waals surface area contributed by atoms with E-state index in [1.54, 1.807) is 7.11 Å². The lowest BCUT2D eigenvalue weighted by Crippen LogP contribution is -2.31. The molecule has 0 radical (unpaired) electrons. The summed E-state index contributed by atoms with van der Waals surface area (Å²) in [6.07, 6.45) is 2.32. The maximum absolute atomic E-state index is 11.6. The summed E-state index contributed by atoms with van der Waals surface area (Å²) in [6.45, 7) is 3.29. The predicted molar refractivity (Wildman–Crippen MR) is 77.2 cm³/mol. The van der Waals surface area contributed by atoms with Gasteiger partial charge in [0, 0.05) is 13.0 Å². The quantitative estimate of drug-likeness (QED) is 0.751. The average Bonchev–Trinajstić information content (AvgIpc) is 2.45. The van der Waals surface area contributed by atoms with Gasteiger partial charge in [-0.05, 0) is 43.0 Å². The van der Waals surface area contributed by atoms with Gasteiger partial charge in [0.2, 0.25) is 5.91 Å². The van der Waals surface area contributed by atoms with Gasteiger partial charge in [-0.3, -0.25) is 4.79 Å². The topological polar surface area (TPSA) is 64.3 Å². The summed E-state index contributed by atoms with van der Waals surface area (Å²) in [4.78, 5) is 11.6. The molecule has 0 aliphatic carbocycles. The minimum Gasteiger partial charge on any atom is -0.497 e. The van der Waals surface area contributed by atoms with E-state index in [1.807, 2.05) is 31.2 Å². The van der Waals surface area contributed by atoms with Gasteiger partial charge >= 0.3 is 0 Å². The number of benzene rings is 1. The minimum absolute atomic E-state index is 0.105. The molecule has 19 heavy (non-hydrogen) atoms. The first kappa shape index (κ1) is 15.5. The third kappa shape index (κ3) is 6.25. The highest BCUT2D eigenvalue weighted by atomic mass is 16.5. The van der Waals surface area contributed by atoms with E-state index < -0.39 is 0 Å². The van der Waals surface area contributed by atoms with Crippen LogP contribution < -0.4 is 15.8 Å². The lowest BCUT2D eigenvalue weighted by Gasteiger charge is -2.10. The Morgan fingerprint density at radius 1 is 1.37 bits per heavy atom. The van der Waals surface area contributed by atoms with Gasteiger partial charge in [-0.2, -0.15) is 0 Å². The molecule has 0 fully saturated rings. The Kier molecular flexibility index (Phi) is 6.97. The summed E-state index contributed by atoms with van der Waals surface area (Å²) in [5, 5.41) is 2.90. The molecule has 4 heteroatoms. The van der Waals surface area contributed by atoms with E-state index in [0.29, 0.717) is 25.4 Å². The molecule has 0 aliphatic rings. The molecule has 1 amide bonds. The molecule has 0 saturated heterocycles. The van der Waals surface area contributed by atoms with Crippen molar-refractivity contribution in [2.24, 2.45) is 11.7 Å². The fourth-order valence-corrected chi connectivity index (χ4v) is 1.71. The van der Waals surface area contributed by atoms with Crippen LogP contribution in [0.4, 0.5) is 0 Å². The van der Waals surface area contributed by atoms with E-state index >= 15 is 0 Å². The zero-order chi connectivity index (χ0) is 14.1. The first-order valence-electron chi connectivity index (χ1n) is 6.75. The van der Waals surface area contributed by atoms with E-state index in [-0.39, 0.29) is 5.91 Å². The molecule has 0 spiro atoms. The van der Waals surface area contributed by atoms with Crippen molar-refractivity contribution in [3.05, 3.63) is 29.8 Å². The predicted octanol–water partition coefficient (Wildman–Crippen LogP) is 1.73. The highest BCUT2D eigenvalue weighted by Gasteiger charge is 2.04. The first-order chi connectivity index (χ1) is 9.15. The summed E-state index contributed by atoms with van der Waals surface area (Å²) in [7, 11) is 1.65. The number of amides is 1. The number of carbonyl (C=O) groups is 1. The van der Waals surface area contributed by atoms with Gasteiger partial charge in [0.25, 0.3) is 0 Å². The van der Waals surface area contributed by atoms with Gasteiger partial charge in [0.05, 0.1) is 7.11 Å². The van der Waals surface area contributed by atoms with Gasteiger partial charge in [-0.1, -0.05) is 19.1 Å². The van der Waals surface area contributed by atoms with Gasteiger partial charge < -0.3 is 15.8 Å². The second-order valence-corrected chi connectivity index (χ2v) is 4.85. The number of nitrogens with two attached hydrogens (primary N) is 1. The monoisotopic (exact) mass is 264 g/mol. The van der Waals surface area contributed by atoms with Gasteiger partial charge in [-0.25, -0.2) is 0 Å². The molecule has 3 N–H and O–H groups in total. The maximum atomic E-state index is 11.6.